The van der Waals surface area contributed by atoms with E-state index < -0.39 is 0 Å². The molecule has 1 aromatic carbocycles. The van der Waals surface area contributed by atoms with Gasteiger partial charge in [-0.25, -0.2) is 4.68 Å². The second-order valence-electron chi connectivity index (χ2n) is 8.64. The molecule has 154 valence electrons. The molecular formula is C21H32N4OS2. The molecule has 0 atom stereocenters. The van der Waals surface area contributed by atoms with Crippen LogP contribution in [0.3, 0.4) is 0 Å². The largest absolute Gasteiger partial charge is 0.497 e. The lowest BCUT2D eigenvalue weighted by molar-refractivity contribution is 0.137. The summed E-state index contributed by atoms with van der Waals surface area (Å²) in [5, 5.41) is 9.00. The smallest absolute Gasteiger partial charge is 0.205 e. The predicted molar refractivity (Wildman–Crippen MR) is 120 cm³/mol. The van der Waals surface area contributed by atoms with Crippen LogP contribution < -0.4 is 10.1 Å². The van der Waals surface area contributed by atoms with Crippen molar-refractivity contribution >= 4 is 28.7 Å². The molecule has 1 saturated heterocycles. The number of methoxy groups -OCH3 is 1. The molecule has 3 rings (SSSR count). The van der Waals surface area contributed by atoms with Gasteiger partial charge in [-0.2, -0.15) is 0 Å². The van der Waals surface area contributed by atoms with Crippen molar-refractivity contribution in [2.24, 2.45) is 5.92 Å². The summed E-state index contributed by atoms with van der Waals surface area (Å²) in [6.07, 6.45) is 4.91. The maximum atomic E-state index is 5.51. The van der Waals surface area contributed by atoms with Crippen LogP contribution in [0, 0.1) is 9.87 Å². The minimum absolute atomic E-state index is 0.000310. The number of rotatable bonds is 7. The van der Waals surface area contributed by atoms with Crippen molar-refractivity contribution < 1.29 is 4.74 Å². The Hall–Kier alpha value is -1.44. The normalized spacial score (nSPS) is 16.3. The van der Waals surface area contributed by atoms with Crippen molar-refractivity contribution in [2.75, 3.05) is 25.5 Å². The Morgan fingerprint density at radius 1 is 1.21 bits per heavy atom. The maximum absolute atomic E-state index is 5.51. The van der Waals surface area contributed by atoms with Crippen LogP contribution >= 0.6 is 23.6 Å². The topological polar surface area (TPSA) is 42.3 Å². The quantitative estimate of drug-likeness (QED) is 0.624. The molecule has 0 radical (unpaired) electrons. The van der Waals surface area contributed by atoms with Crippen molar-refractivity contribution in [3.63, 3.8) is 0 Å². The monoisotopic (exact) mass is 420 g/mol. The lowest BCUT2D eigenvalue weighted by atomic mass is 9.91. The zero-order chi connectivity index (χ0) is 20.1. The summed E-state index contributed by atoms with van der Waals surface area (Å²) in [4.78, 5) is 2.47. The van der Waals surface area contributed by atoms with Crippen molar-refractivity contribution in [2.45, 2.75) is 58.7 Å². The van der Waals surface area contributed by atoms with E-state index in [9.17, 15) is 0 Å². The summed E-state index contributed by atoms with van der Waals surface area (Å²) < 4.78 is 8.04. The molecular weight excluding hydrogens is 388 g/mol. The zero-order valence-electron chi connectivity index (χ0n) is 17.4. The van der Waals surface area contributed by atoms with Gasteiger partial charge in [-0.05, 0) is 82.3 Å². The number of nitrogens with zero attached hydrogens (tertiary/aromatic N) is 3. The number of ether oxygens (including phenoxy) is 1. The van der Waals surface area contributed by atoms with Crippen LogP contribution in [0.5, 0.6) is 5.75 Å². The fourth-order valence-corrected chi connectivity index (χ4v) is 4.74. The first-order valence-corrected chi connectivity index (χ1v) is 11.3. The first-order valence-electron chi connectivity index (χ1n) is 10.0. The molecule has 0 aliphatic carbocycles. The van der Waals surface area contributed by atoms with Crippen LogP contribution in [0.25, 0.3) is 0 Å². The van der Waals surface area contributed by atoms with E-state index in [1.54, 1.807) is 18.4 Å². The number of likely N-dealkylation sites (tertiary alicyclic amines) is 1. The van der Waals surface area contributed by atoms with E-state index in [0.29, 0.717) is 0 Å². The third-order valence-corrected chi connectivity index (χ3v) is 6.35. The summed E-state index contributed by atoms with van der Waals surface area (Å²) in [5.74, 6) is 1.73. The Bertz CT molecular complexity index is 799. The average Bonchev–Trinajstić information content (AvgIpc) is 2.98. The summed E-state index contributed by atoms with van der Waals surface area (Å²) in [7, 11) is 1.71. The number of aryl methyl sites for hydroxylation is 1. The first-order chi connectivity index (χ1) is 13.3. The van der Waals surface area contributed by atoms with E-state index in [2.05, 4.69) is 60.4 Å². The number of aromatic nitrogens is 2. The van der Waals surface area contributed by atoms with Gasteiger partial charge in [0.15, 0.2) is 3.95 Å². The van der Waals surface area contributed by atoms with Crippen LogP contribution in [0.4, 0.5) is 5.13 Å². The summed E-state index contributed by atoms with van der Waals surface area (Å²) in [6, 6.07) is 8.47. The predicted octanol–water partition coefficient (Wildman–Crippen LogP) is 5.20. The number of piperidine rings is 1. The number of nitrogens with one attached hydrogen (secondary N) is 1. The van der Waals surface area contributed by atoms with Crippen LogP contribution in [-0.2, 0) is 13.1 Å². The van der Waals surface area contributed by atoms with E-state index in [-0.39, 0.29) is 5.54 Å². The molecule has 0 bridgehead atoms. The number of benzene rings is 1. The van der Waals surface area contributed by atoms with E-state index >= 15 is 0 Å². The molecule has 1 aliphatic rings. The van der Waals surface area contributed by atoms with Gasteiger partial charge in [-0.1, -0.05) is 23.5 Å². The van der Waals surface area contributed by atoms with Crippen LogP contribution in [0.1, 0.15) is 45.6 Å². The Morgan fingerprint density at radius 2 is 1.89 bits per heavy atom. The average molecular weight is 421 g/mol. The standard InChI is InChI=1S/C21H32N4OS2/c1-21(2,3)22-19-23-25(20(27)28-19)15-24-13-11-17(12-14-24)6-5-16-7-9-18(26-4)10-8-16/h7-10,17H,5-6,11-15H2,1-4H3,(H,22,23). The Labute approximate surface area is 177 Å². The molecule has 0 unspecified atom stereocenters. The lowest BCUT2D eigenvalue weighted by Crippen LogP contribution is -2.35. The molecule has 1 aromatic heterocycles. The van der Waals surface area contributed by atoms with Gasteiger partial charge >= 0.3 is 0 Å². The first kappa shape index (κ1) is 21.3. The third kappa shape index (κ3) is 6.29. The third-order valence-electron chi connectivity index (χ3n) is 5.13. The van der Waals surface area contributed by atoms with Crippen molar-refractivity contribution in [1.29, 1.82) is 0 Å². The molecule has 0 amide bonds. The van der Waals surface area contributed by atoms with Crippen molar-refractivity contribution in [1.82, 2.24) is 14.7 Å². The molecule has 1 aliphatic heterocycles. The van der Waals surface area contributed by atoms with Gasteiger partial charge in [0.05, 0.1) is 13.8 Å². The molecule has 1 N–H and O–H groups in total. The van der Waals surface area contributed by atoms with Gasteiger partial charge < -0.3 is 10.1 Å². The van der Waals surface area contributed by atoms with E-state index in [1.165, 1.54) is 24.8 Å². The van der Waals surface area contributed by atoms with Gasteiger partial charge in [-0.3, -0.25) is 4.90 Å². The lowest BCUT2D eigenvalue weighted by Gasteiger charge is -2.31. The van der Waals surface area contributed by atoms with E-state index in [1.807, 2.05) is 4.68 Å². The SMILES string of the molecule is COc1ccc(CCC2CCN(Cn3nc(NC(C)(C)C)sc3=S)CC2)cc1. The van der Waals surface area contributed by atoms with Gasteiger partial charge in [0.25, 0.3) is 0 Å². The number of anilines is 1. The van der Waals surface area contributed by atoms with Gasteiger partial charge in [0, 0.05) is 18.6 Å². The van der Waals surface area contributed by atoms with Gasteiger partial charge in [0.1, 0.15) is 5.75 Å². The molecule has 2 heterocycles. The second-order valence-corrected chi connectivity index (χ2v) is 10.3. The molecule has 7 heteroatoms. The fraction of sp³-hybridized carbons (Fsp3) is 0.619. The summed E-state index contributed by atoms with van der Waals surface area (Å²) in [5.41, 5.74) is 1.40. The van der Waals surface area contributed by atoms with E-state index in [4.69, 9.17) is 17.0 Å². The van der Waals surface area contributed by atoms with Crippen molar-refractivity contribution in [3.05, 3.63) is 33.8 Å². The number of hydrogen-bond acceptors (Lipinski definition) is 6. The molecule has 1 fully saturated rings. The summed E-state index contributed by atoms with van der Waals surface area (Å²) in [6.45, 7) is 9.45. The van der Waals surface area contributed by atoms with Gasteiger partial charge in [-0.15, -0.1) is 5.10 Å². The molecule has 0 saturated carbocycles. The minimum Gasteiger partial charge on any atom is -0.497 e. The van der Waals surface area contributed by atoms with E-state index in [0.717, 1.165) is 46.9 Å². The highest BCUT2D eigenvalue weighted by atomic mass is 32.1. The highest BCUT2D eigenvalue weighted by Crippen LogP contribution is 2.24. The Morgan fingerprint density at radius 3 is 2.50 bits per heavy atom. The molecule has 2 aromatic rings. The van der Waals surface area contributed by atoms with Gasteiger partial charge in [0.2, 0.25) is 5.13 Å². The zero-order valence-corrected chi connectivity index (χ0v) is 19.0. The van der Waals surface area contributed by atoms with Crippen LogP contribution in [0.15, 0.2) is 24.3 Å². The highest BCUT2D eigenvalue weighted by molar-refractivity contribution is 7.73. The fourth-order valence-electron chi connectivity index (χ4n) is 3.54. The molecule has 0 spiro atoms. The van der Waals surface area contributed by atoms with Crippen LogP contribution in [-0.4, -0.2) is 40.4 Å². The second kappa shape index (κ2) is 9.37. The molecule has 5 nitrogen and oxygen atoms in total. The summed E-state index contributed by atoms with van der Waals surface area (Å²) >= 11 is 7.07. The minimum atomic E-state index is -0.000310. The highest BCUT2D eigenvalue weighted by Gasteiger charge is 2.20. The Kier molecular flexibility index (Phi) is 7.12. The Balaban J connectivity index is 1.44. The maximum Gasteiger partial charge on any atom is 0.205 e. The molecule has 28 heavy (non-hydrogen) atoms. The van der Waals surface area contributed by atoms with Crippen molar-refractivity contribution in [3.8, 4) is 5.75 Å². The van der Waals surface area contributed by atoms with Crippen LogP contribution in [0.2, 0.25) is 0 Å². The number of hydrogen-bond donors (Lipinski definition) is 1.